The minimum atomic E-state index is -0.357. The fraction of sp³-hybridized carbons (Fsp3) is 0.368. The lowest BCUT2D eigenvalue weighted by atomic mass is 10.1. The molecule has 0 bridgehead atoms. The number of benzene rings is 1. The van der Waals surface area contributed by atoms with Gasteiger partial charge in [0.1, 0.15) is 5.56 Å². The van der Waals surface area contributed by atoms with Gasteiger partial charge in [0, 0.05) is 18.8 Å². The van der Waals surface area contributed by atoms with Crippen LogP contribution in [0.1, 0.15) is 41.0 Å². The lowest BCUT2D eigenvalue weighted by Crippen LogP contribution is -2.30. The fourth-order valence-corrected chi connectivity index (χ4v) is 2.59. The van der Waals surface area contributed by atoms with Gasteiger partial charge in [0.2, 0.25) is 0 Å². The van der Waals surface area contributed by atoms with Crippen molar-refractivity contribution in [2.45, 2.75) is 33.9 Å². The van der Waals surface area contributed by atoms with Crippen LogP contribution in [0.2, 0.25) is 0 Å². The molecule has 2 N–H and O–H groups in total. The monoisotopic (exact) mass is 327 g/mol. The van der Waals surface area contributed by atoms with Crippen molar-refractivity contribution < 1.29 is 4.79 Å². The maximum Gasteiger partial charge on any atom is 0.260 e. The van der Waals surface area contributed by atoms with Crippen molar-refractivity contribution in [2.75, 3.05) is 13.1 Å². The third-order valence-corrected chi connectivity index (χ3v) is 4.15. The minimum absolute atomic E-state index is 0.141. The number of amides is 1. The molecular weight excluding hydrogens is 302 g/mol. The maximum atomic E-state index is 12.3. The van der Waals surface area contributed by atoms with Gasteiger partial charge < -0.3 is 10.3 Å². The van der Waals surface area contributed by atoms with Gasteiger partial charge >= 0.3 is 0 Å². The second-order valence-corrected chi connectivity index (χ2v) is 5.80. The first-order valence-electron chi connectivity index (χ1n) is 8.32. The van der Waals surface area contributed by atoms with Crippen molar-refractivity contribution in [3.05, 3.63) is 69.1 Å². The molecular formula is C19H25N3O2. The Bertz CT molecular complexity index is 748. The zero-order chi connectivity index (χ0) is 17.5. The van der Waals surface area contributed by atoms with Crippen LogP contribution in [0, 0.1) is 6.92 Å². The van der Waals surface area contributed by atoms with Crippen LogP contribution in [0.15, 0.2) is 41.2 Å². The van der Waals surface area contributed by atoms with Gasteiger partial charge in [-0.25, -0.2) is 0 Å². The van der Waals surface area contributed by atoms with Gasteiger partial charge in [-0.15, -0.1) is 0 Å². The van der Waals surface area contributed by atoms with Crippen LogP contribution in [0.4, 0.5) is 0 Å². The molecule has 1 heterocycles. The number of nitrogens with one attached hydrogen (secondary N) is 2. The molecule has 2 aromatic rings. The topological polar surface area (TPSA) is 65.2 Å². The molecule has 24 heavy (non-hydrogen) atoms. The van der Waals surface area contributed by atoms with Crippen molar-refractivity contribution in [1.29, 1.82) is 0 Å². The van der Waals surface area contributed by atoms with E-state index in [1.807, 2.05) is 18.2 Å². The molecule has 0 saturated carbocycles. The van der Waals surface area contributed by atoms with E-state index in [0.29, 0.717) is 6.54 Å². The molecule has 1 aromatic carbocycles. The van der Waals surface area contributed by atoms with Crippen molar-refractivity contribution in [1.82, 2.24) is 15.2 Å². The highest BCUT2D eigenvalue weighted by atomic mass is 16.2. The van der Waals surface area contributed by atoms with E-state index in [-0.39, 0.29) is 17.0 Å². The molecule has 2 rings (SSSR count). The number of rotatable bonds is 7. The summed E-state index contributed by atoms with van der Waals surface area (Å²) in [5, 5.41) is 2.85. The third-order valence-electron chi connectivity index (χ3n) is 4.15. The molecule has 1 aromatic heterocycles. The number of aromatic amines is 1. The summed E-state index contributed by atoms with van der Waals surface area (Å²) in [4.78, 5) is 29.1. The number of aryl methyl sites for hydroxylation is 1. The van der Waals surface area contributed by atoms with E-state index in [9.17, 15) is 9.59 Å². The summed E-state index contributed by atoms with van der Waals surface area (Å²) in [6, 6.07) is 11.4. The second kappa shape index (κ2) is 8.45. The van der Waals surface area contributed by atoms with Crippen molar-refractivity contribution >= 4 is 5.91 Å². The molecule has 0 aliphatic carbocycles. The zero-order valence-electron chi connectivity index (χ0n) is 14.6. The van der Waals surface area contributed by atoms with Crippen molar-refractivity contribution in [2.24, 2.45) is 0 Å². The molecule has 0 saturated heterocycles. The van der Waals surface area contributed by atoms with E-state index in [4.69, 9.17) is 0 Å². The van der Waals surface area contributed by atoms with Crippen LogP contribution >= 0.6 is 0 Å². The number of carbonyl (C=O) groups is 1. The van der Waals surface area contributed by atoms with Crippen LogP contribution in [0.25, 0.3) is 0 Å². The molecule has 0 unspecified atom stereocenters. The number of aromatic nitrogens is 1. The van der Waals surface area contributed by atoms with Gasteiger partial charge in [0.05, 0.1) is 0 Å². The van der Waals surface area contributed by atoms with E-state index in [2.05, 4.69) is 35.1 Å². The summed E-state index contributed by atoms with van der Waals surface area (Å²) < 4.78 is 0. The maximum absolute atomic E-state index is 12.3. The largest absolute Gasteiger partial charge is 0.348 e. The fourth-order valence-electron chi connectivity index (χ4n) is 2.59. The highest BCUT2D eigenvalue weighted by Crippen LogP contribution is 2.12. The highest BCUT2D eigenvalue weighted by molar-refractivity contribution is 5.93. The summed E-state index contributed by atoms with van der Waals surface area (Å²) in [6.07, 6.45) is 0. The number of nitrogens with zero attached hydrogens (tertiary/aromatic N) is 1. The van der Waals surface area contributed by atoms with E-state index in [0.717, 1.165) is 30.9 Å². The van der Waals surface area contributed by atoms with E-state index in [1.54, 1.807) is 19.1 Å². The predicted octanol–water partition coefficient (Wildman–Crippen LogP) is 2.46. The highest BCUT2D eigenvalue weighted by Gasteiger charge is 2.11. The summed E-state index contributed by atoms with van der Waals surface area (Å²) in [7, 11) is 0. The van der Waals surface area contributed by atoms with Crippen LogP contribution in [-0.4, -0.2) is 28.9 Å². The van der Waals surface area contributed by atoms with Crippen LogP contribution in [-0.2, 0) is 13.1 Å². The smallest absolute Gasteiger partial charge is 0.260 e. The number of hydrogen-bond donors (Lipinski definition) is 2. The van der Waals surface area contributed by atoms with Crippen LogP contribution < -0.4 is 10.9 Å². The summed E-state index contributed by atoms with van der Waals surface area (Å²) in [6.45, 7) is 9.28. The second-order valence-electron chi connectivity index (χ2n) is 5.80. The first-order valence-corrected chi connectivity index (χ1v) is 8.32. The number of hydrogen-bond acceptors (Lipinski definition) is 3. The number of carbonyl (C=O) groups excluding carboxylic acids is 1. The summed E-state index contributed by atoms with van der Waals surface area (Å²) >= 11 is 0. The zero-order valence-corrected chi connectivity index (χ0v) is 14.6. The van der Waals surface area contributed by atoms with Gasteiger partial charge in [-0.3, -0.25) is 14.5 Å². The van der Waals surface area contributed by atoms with Gasteiger partial charge in [-0.1, -0.05) is 38.1 Å². The standard InChI is InChI=1S/C19H25N3O2/c1-4-22(5-2)13-16-9-7-6-8-15(16)12-20-18(23)17-11-10-14(3)21-19(17)24/h6-11H,4-5,12-13H2,1-3H3,(H,20,23)(H,21,24). The summed E-state index contributed by atoms with van der Waals surface area (Å²) in [5.74, 6) is -0.353. The van der Waals surface area contributed by atoms with E-state index >= 15 is 0 Å². The molecule has 5 heteroatoms. The molecule has 0 spiro atoms. The molecule has 0 atom stereocenters. The summed E-state index contributed by atoms with van der Waals surface area (Å²) in [5.41, 5.74) is 2.78. The number of pyridine rings is 1. The molecule has 0 fully saturated rings. The Morgan fingerprint density at radius 2 is 1.75 bits per heavy atom. The average Bonchev–Trinajstić information content (AvgIpc) is 2.58. The predicted molar refractivity (Wildman–Crippen MR) is 96.0 cm³/mol. The molecule has 5 nitrogen and oxygen atoms in total. The Labute approximate surface area is 142 Å². The Hall–Kier alpha value is -2.40. The number of H-pyrrole nitrogens is 1. The van der Waals surface area contributed by atoms with Crippen molar-refractivity contribution in [3.63, 3.8) is 0 Å². The van der Waals surface area contributed by atoms with Gasteiger partial charge in [-0.05, 0) is 43.3 Å². The minimum Gasteiger partial charge on any atom is -0.348 e. The normalized spacial score (nSPS) is 10.8. The Kier molecular flexibility index (Phi) is 6.32. The molecule has 128 valence electrons. The molecule has 0 aliphatic heterocycles. The van der Waals surface area contributed by atoms with Gasteiger partial charge in [-0.2, -0.15) is 0 Å². The van der Waals surface area contributed by atoms with Crippen molar-refractivity contribution in [3.8, 4) is 0 Å². The first kappa shape index (κ1) is 17.9. The lowest BCUT2D eigenvalue weighted by molar-refractivity contribution is 0.0949. The molecule has 1 amide bonds. The Balaban J connectivity index is 2.09. The van der Waals surface area contributed by atoms with Gasteiger partial charge in [0.25, 0.3) is 11.5 Å². The Morgan fingerprint density at radius 3 is 2.38 bits per heavy atom. The molecule has 0 radical (unpaired) electrons. The van der Waals surface area contributed by atoms with E-state index < -0.39 is 0 Å². The van der Waals surface area contributed by atoms with Crippen LogP contribution in [0.3, 0.4) is 0 Å². The lowest BCUT2D eigenvalue weighted by Gasteiger charge is -2.20. The Morgan fingerprint density at radius 1 is 1.08 bits per heavy atom. The molecule has 0 aliphatic rings. The quantitative estimate of drug-likeness (QED) is 0.821. The SMILES string of the molecule is CCN(CC)Cc1ccccc1CNC(=O)c1ccc(C)[nH]c1=O. The third kappa shape index (κ3) is 4.55. The first-order chi connectivity index (χ1) is 11.5. The van der Waals surface area contributed by atoms with E-state index in [1.165, 1.54) is 5.56 Å². The average molecular weight is 327 g/mol. The van der Waals surface area contributed by atoms with Crippen LogP contribution in [0.5, 0.6) is 0 Å². The van der Waals surface area contributed by atoms with Gasteiger partial charge in [0.15, 0.2) is 0 Å².